The Morgan fingerprint density at radius 2 is 2.21 bits per heavy atom. The van der Waals surface area contributed by atoms with Gasteiger partial charge >= 0.3 is 0 Å². The Kier molecular flexibility index (Phi) is 4.08. The molecule has 0 bridgehead atoms. The molecule has 0 aromatic heterocycles. The maximum atomic E-state index is 12.0. The highest BCUT2D eigenvalue weighted by molar-refractivity contribution is 5.96. The lowest BCUT2D eigenvalue weighted by molar-refractivity contribution is -0.383. The molecule has 0 saturated carbocycles. The first-order chi connectivity index (χ1) is 9.11. The van der Waals surface area contributed by atoms with Crippen LogP contribution in [0.4, 0.5) is 11.4 Å². The summed E-state index contributed by atoms with van der Waals surface area (Å²) in [5, 5.41) is 13.4. The molecule has 2 unspecified atom stereocenters. The molecular weight excluding hydrogens is 250 g/mol. The molecular formula is C12H15N3O4. The normalized spacial score (nSPS) is 22.2. The zero-order chi connectivity index (χ0) is 13.8. The van der Waals surface area contributed by atoms with Crippen LogP contribution in [0, 0.1) is 10.1 Å². The number of nitro benzene ring substituents is 1. The van der Waals surface area contributed by atoms with Crippen LogP contribution in [0.25, 0.3) is 0 Å². The summed E-state index contributed by atoms with van der Waals surface area (Å²) >= 11 is 0. The number of carbonyl (C=O) groups is 1. The third-order valence-electron chi connectivity index (χ3n) is 3.02. The van der Waals surface area contributed by atoms with E-state index in [-0.39, 0.29) is 23.4 Å². The third-order valence-corrected chi connectivity index (χ3v) is 3.02. The number of hydrogen-bond donors (Lipinski definition) is 2. The molecule has 1 fully saturated rings. The largest absolute Gasteiger partial charge is 0.364 e. The van der Waals surface area contributed by atoms with Crippen molar-refractivity contribution in [2.45, 2.75) is 25.0 Å². The number of amides is 1. The van der Waals surface area contributed by atoms with E-state index < -0.39 is 11.0 Å². The van der Waals surface area contributed by atoms with Crippen molar-refractivity contribution in [2.75, 3.05) is 11.9 Å². The molecule has 1 aromatic rings. The minimum atomic E-state index is -0.589. The van der Waals surface area contributed by atoms with E-state index >= 15 is 0 Å². The van der Waals surface area contributed by atoms with Crippen molar-refractivity contribution >= 4 is 17.3 Å². The summed E-state index contributed by atoms with van der Waals surface area (Å²) in [6.45, 7) is 0.370. The number of nitrogens with one attached hydrogen (secondary N) is 1. The molecule has 1 aliphatic heterocycles. The number of nitrogens with zero attached hydrogens (tertiary/aromatic N) is 1. The van der Waals surface area contributed by atoms with E-state index in [4.69, 9.17) is 10.5 Å². The van der Waals surface area contributed by atoms with E-state index in [0.29, 0.717) is 13.0 Å². The molecule has 102 valence electrons. The second kappa shape index (κ2) is 5.77. The zero-order valence-corrected chi connectivity index (χ0v) is 10.2. The van der Waals surface area contributed by atoms with E-state index in [2.05, 4.69) is 5.32 Å². The molecule has 1 aliphatic rings. The lowest BCUT2D eigenvalue weighted by atomic mass is 10.2. The van der Waals surface area contributed by atoms with Crippen LogP contribution in [0.1, 0.15) is 12.8 Å². The second-order valence-electron chi connectivity index (χ2n) is 4.32. The SMILES string of the molecule is NCC1CCC(C(=O)Nc2ccccc2[N+](=O)[O-])O1. The topological polar surface area (TPSA) is 107 Å². The van der Waals surface area contributed by atoms with Crippen molar-refractivity contribution < 1.29 is 14.5 Å². The number of carbonyl (C=O) groups excluding carboxylic acids is 1. The van der Waals surface area contributed by atoms with Gasteiger partial charge in [-0.3, -0.25) is 14.9 Å². The van der Waals surface area contributed by atoms with Gasteiger partial charge in [-0.05, 0) is 18.9 Å². The van der Waals surface area contributed by atoms with Crippen molar-refractivity contribution in [3.63, 3.8) is 0 Å². The number of hydrogen-bond acceptors (Lipinski definition) is 5. The summed E-state index contributed by atoms with van der Waals surface area (Å²) in [5.41, 5.74) is 5.51. The standard InChI is InChI=1S/C12H15N3O4/c13-7-8-5-6-11(19-8)12(16)14-9-3-1-2-4-10(9)15(17)18/h1-4,8,11H,5-7,13H2,(H,14,16). The first-order valence-electron chi connectivity index (χ1n) is 6.01. The summed E-state index contributed by atoms with van der Waals surface area (Å²) < 4.78 is 5.44. The predicted molar refractivity (Wildman–Crippen MR) is 68.7 cm³/mol. The summed E-state index contributed by atoms with van der Waals surface area (Å²) in [7, 11) is 0. The Hall–Kier alpha value is -1.99. The summed E-state index contributed by atoms with van der Waals surface area (Å²) in [6, 6.07) is 6.00. The van der Waals surface area contributed by atoms with E-state index in [1.807, 2.05) is 0 Å². The number of benzene rings is 1. The number of ether oxygens (including phenoxy) is 1. The molecule has 0 aliphatic carbocycles. The number of nitro groups is 1. The van der Waals surface area contributed by atoms with Crippen LogP contribution in [0.3, 0.4) is 0 Å². The summed E-state index contributed by atoms with van der Waals surface area (Å²) in [4.78, 5) is 22.2. The van der Waals surface area contributed by atoms with Crippen LogP contribution in [0.5, 0.6) is 0 Å². The minimum Gasteiger partial charge on any atom is -0.364 e. The van der Waals surface area contributed by atoms with E-state index in [1.54, 1.807) is 12.1 Å². The third kappa shape index (κ3) is 3.07. The number of nitrogens with two attached hydrogens (primary N) is 1. The molecule has 3 N–H and O–H groups in total. The van der Waals surface area contributed by atoms with Gasteiger partial charge in [-0.15, -0.1) is 0 Å². The highest BCUT2D eigenvalue weighted by Gasteiger charge is 2.30. The van der Waals surface area contributed by atoms with Gasteiger partial charge in [0, 0.05) is 12.6 Å². The Balaban J connectivity index is 2.05. The molecule has 19 heavy (non-hydrogen) atoms. The fourth-order valence-corrected chi connectivity index (χ4v) is 2.02. The van der Waals surface area contributed by atoms with Crippen molar-refractivity contribution in [1.29, 1.82) is 0 Å². The van der Waals surface area contributed by atoms with Crippen molar-refractivity contribution in [3.05, 3.63) is 34.4 Å². The lowest BCUT2D eigenvalue weighted by Crippen LogP contribution is -2.30. The van der Waals surface area contributed by atoms with Crippen LogP contribution < -0.4 is 11.1 Å². The molecule has 2 rings (SSSR count). The van der Waals surface area contributed by atoms with E-state index in [0.717, 1.165) is 6.42 Å². The minimum absolute atomic E-state index is 0.110. The molecule has 1 amide bonds. The Morgan fingerprint density at radius 1 is 1.47 bits per heavy atom. The first-order valence-corrected chi connectivity index (χ1v) is 6.01. The van der Waals surface area contributed by atoms with Gasteiger partial charge in [0.2, 0.25) is 0 Å². The van der Waals surface area contributed by atoms with Crippen LogP contribution in [-0.4, -0.2) is 29.6 Å². The molecule has 1 saturated heterocycles. The van der Waals surface area contributed by atoms with Gasteiger partial charge in [0.1, 0.15) is 11.8 Å². The highest BCUT2D eigenvalue weighted by Crippen LogP contribution is 2.25. The van der Waals surface area contributed by atoms with Gasteiger partial charge in [0.05, 0.1) is 11.0 Å². The molecule has 7 nitrogen and oxygen atoms in total. The molecule has 2 atom stereocenters. The highest BCUT2D eigenvalue weighted by atomic mass is 16.6. The Labute approximate surface area is 109 Å². The van der Waals surface area contributed by atoms with Gasteiger partial charge in [-0.25, -0.2) is 0 Å². The molecule has 7 heteroatoms. The second-order valence-corrected chi connectivity index (χ2v) is 4.32. The van der Waals surface area contributed by atoms with Gasteiger partial charge in [-0.1, -0.05) is 12.1 Å². The van der Waals surface area contributed by atoms with Crippen molar-refractivity contribution in [1.82, 2.24) is 0 Å². The zero-order valence-electron chi connectivity index (χ0n) is 10.2. The van der Waals surface area contributed by atoms with Crippen molar-refractivity contribution in [2.24, 2.45) is 5.73 Å². The van der Waals surface area contributed by atoms with Crippen molar-refractivity contribution in [3.8, 4) is 0 Å². The average molecular weight is 265 g/mol. The monoisotopic (exact) mass is 265 g/mol. The van der Waals surface area contributed by atoms with Gasteiger partial charge in [-0.2, -0.15) is 0 Å². The Morgan fingerprint density at radius 3 is 2.84 bits per heavy atom. The number of rotatable bonds is 4. The maximum absolute atomic E-state index is 12.0. The number of anilines is 1. The van der Waals surface area contributed by atoms with E-state index in [9.17, 15) is 14.9 Å². The molecule has 1 heterocycles. The summed E-state index contributed by atoms with van der Waals surface area (Å²) in [5.74, 6) is -0.370. The lowest BCUT2D eigenvalue weighted by Gasteiger charge is -2.12. The Bertz CT molecular complexity index is 492. The van der Waals surface area contributed by atoms with Gasteiger partial charge < -0.3 is 15.8 Å². The average Bonchev–Trinajstić information content (AvgIpc) is 2.88. The van der Waals surface area contributed by atoms with Crippen LogP contribution in [0.15, 0.2) is 24.3 Å². The van der Waals surface area contributed by atoms with Crippen LogP contribution >= 0.6 is 0 Å². The maximum Gasteiger partial charge on any atom is 0.292 e. The molecule has 0 radical (unpaired) electrons. The summed E-state index contributed by atoms with van der Waals surface area (Å²) in [6.07, 6.45) is 0.606. The molecule has 1 aromatic carbocycles. The number of para-hydroxylation sites is 2. The fourth-order valence-electron chi connectivity index (χ4n) is 2.02. The van der Waals surface area contributed by atoms with Gasteiger partial charge in [0.25, 0.3) is 11.6 Å². The van der Waals surface area contributed by atoms with Crippen LogP contribution in [0.2, 0.25) is 0 Å². The van der Waals surface area contributed by atoms with Gasteiger partial charge in [0.15, 0.2) is 0 Å². The molecule has 0 spiro atoms. The predicted octanol–water partition coefficient (Wildman–Crippen LogP) is 1.04. The van der Waals surface area contributed by atoms with E-state index in [1.165, 1.54) is 12.1 Å². The fraction of sp³-hybridized carbons (Fsp3) is 0.417. The van der Waals surface area contributed by atoms with Crippen LogP contribution in [-0.2, 0) is 9.53 Å². The first kappa shape index (κ1) is 13.4. The smallest absolute Gasteiger partial charge is 0.292 e. The quantitative estimate of drug-likeness (QED) is 0.624.